The lowest BCUT2D eigenvalue weighted by Crippen LogP contribution is -2.29. The third-order valence-electron chi connectivity index (χ3n) is 2.45. The van der Waals surface area contributed by atoms with Crippen LogP contribution in [0.25, 0.3) is 0 Å². The summed E-state index contributed by atoms with van der Waals surface area (Å²) in [6, 6.07) is 5.49. The predicted octanol–water partition coefficient (Wildman–Crippen LogP) is 0.811. The van der Waals surface area contributed by atoms with E-state index in [1.165, 1.54) is 0 Å². The summed E-state index contributed by atoms with van der Waals surface area (Å²) in [4.78, 5) is 11.9. The minimum Gasteiger partial charge on any atom is -0.387 e. The number of amides is 1. The molecule has 0 aliphatic rings. The molecule has 0 heterocycles. The maximum absolute atomic E-state index is 11.9. The highest BCUT2D eigenvalue weighted by Gasteiger charge is 2.11. The van der Waals surface area contributed by atoms with Crippen LogP contribution in [0.5, 0.6) is 0 Å². The van der Waals surface area contributed by atoms with Gasteiger partial charge in [-0.2, -0.15) is 0 Å². The normalized spacial score (nSPS) is 11.1. The highest BCUT2D eigenvalue weighted by atomic mass is 32.2. The topological polar surface area (TPSA) is 75.3 Å². The van der Waals surface area contributed by atoms with E-state index < -0.39 is 9.84 Å². The molecule has 0 fully saturated rings. The molecule has 1 rings (SSSR count). The highest BCUT2D eigenvalue weighted by Crippen LogP contribution is 2.16. The average molecular weight is 270 g/mol. The fourth-order valence-corrected chi connectivity index (χ4v) is 1.98. The molecule has 0 saturated heterocycles. The second-order valence-corrected chi connectivity index (χ2v) is 6.44. The average Bonchev–Trinajstić information content (AvgIpc) is 2.27. The van der Waals surface area contributed by atoms with E-state index >= 15 is 0 Å². The van der Waals surface area contributed by atoms with Crippen LogP contribution in [0.4, 0.5) is 5.69 Å². The number of hydrogen-bond acceptors (Lipinski definition) is 4. The van der Waals surface area contributed by atoms with Gasteiger partial charge in [-0.05, 0) is 19.1 Å². The molecular formula is C12H18N2O3S. The Bertz CT molecular complexity index is 538. The van der Waals surface area contributed by atoms with Crippen molar-refractivity contribution in [2.24, 2.45) is 0 Å². The van der Waals surface area contributed by atoms with Crippen LogP contribution < -0.4 is 10.6 Å². The summed E-state index contributed by atoms with van der Waals surface area (Å²) in [5, 5.41) is 5.53. The first-order valence-corrected chi connectivity index (χ1v) is 7.64. The van der Waals surface area contributed by atoms with Gasteiger partial charge in [-0.3, -0.25) is 4.79 Å². The number of benzene rings is 1. The molecule has 0 saturated carbocycles. The van der Waals surface area contributed by atoms with E-state index in [1.54, 1.807) is 13.1 Å². The summed E-state index contributed by atoms with van der Waals surface area (Å²) in [5.41, 5.74) is 2.21. The molecule has 100 valence electrons. The van der Waals surface area contributed by atoms with Crippen molar-refractivity contribution in [2.45, 2.75) is 6.92 Å². The minimum atomic E-state index is -3.06. The molecule has 1 amide bonds. The fourth-order valence-electron chi connectivity index (χ4n) is 1.51. The minimum absolute atomic E-state index is 0.0561. The molecule has 1 aromatic carbocycles. The summed E-state index contributed by atoms with van der Waals surface area (Å²) >= 11 is 0. The molecule has 0 atom stereocenters. The summed E-state index contributed by atoms with van der Waals surface area (Å²) in [7, 11) is -1.32. The van der Waals surface area contributed by atoms with Crippen molar-refractivity contribution in [1.29, 1.82) is 0 Å². The first-order valence-electron chi connectivity index (χ1n) is 5.58. The number of aryl methyl sites for hydroxylation is 1. The van der Waals surface area contributed by atoms with Crippen molar-refractivity contribution in [3.63, 3.8) is 0 Å². The quantitative estimate of drug-likeness (QED) is 0.830. The number of nitrogens with one attached hydrogen (secondary N) is 2. The van der Waals surface area contributed by atoms with Gasteiger partial charge in [0, 0.05) is 25.5 Å². The summed E-state index contributed by atoms with van der Waals surface area (Å²) in [6.45, 7) is 2.02. The van der Waals surface area contributed by atoms with E-state index in [2.05, 4.69) is 10.6 Å². The monoisotopic (exact) mass is 270 g/mol. The first kappa shape index (κ1) is 14.5. The van der Waals surface area contributed by atoms with E-state index in [4.69, 9.17) is 0 Å². The van der Waals surface area contributed by atoms with Crippen LogP contribution in [-0.2, 0) is 9.84 Å². The molecule has 2 N–H and O–H groups in total. The van der Waals surface area contributed by atoms with Crippen LogP contribution in [0.15, 0.2) is 18.2 Å². The van der Waals surface area contributed by atoms with Gasteiger partial charge in [0.1, 0.15) is 9.84 Å². The molecule has 6 heteroatoms. The fraction of sp³-hybridized carbons (Fsp3) is 0.417. The predicted molar refractivity (Wildman–Crippen MR) is 72.8 cm³/mol. The van der Waals surface area contributed by atoms with Crippen LogP contribution in [0.2, 0.25) is 0 Å². The van der Waals surface area contributed by atoms with Crippen LogP contribution in [0.1, 0.15) is 15.9 Å². The number of hydrogen-bond donors (Lipinski definition) is 2. The molecule has 0 aliphatic carbocycles. The van der Waals surface area contributed by atoms with Crippen LogP contribution in [-0.4, -0.2) is 39.9 Å². The van der Waals surface area contributed by atoms with E-state index in [0.29, 0.717) is 5.56 Å². The van der Waals surface area contributed by atoms with Crippen molar-refractivity contribution in [3.05, 3.63) is 29.3 Å². The third-order valence-corrected chi connectivity index (χ3v) is 3.39. The Morgan fingerprint density at radius 2 is 2.00 bits per heavy atom. The van der Waals surface area contributed by atoms with Crippen LogP contribution in [0.3, 0.4) is 0 Å². The zero-order valence-electron chi connectivity index (χ0n) is 10.8. The van der Waals surface area contributed by atoms with Crippen molar-refractivity contribution < 1.29 is 13.2 Å². The second kappa shape index (κ2) is 5.86. The lowest BCUT2D eigenvalue weighted by atomic mass is 10.1. The van der Waals surface area contributed by atoms with Crippen LogP contribution in [0, 0.1) is 6.92 Å². The summed E-state index contributed by atoms with van der Waals surface area (Å²) in [6.07, 6.45) is 1.14. The van der Waals surface area contributed by atoms with Gasteiger partial charge in [0.15, 0.2) is 0 Å². The van der Waals surface area contributed by atoms with Crippen molar-refractivity contribution in [2.75, 3.05) is 30.9 Å². The molecule has 0 aliphatic heterocycles. The zero-order chi connectivity index (χ0) is 13.8. The Morgan fingerprint density at radius 3 is 2.56 bits per heavy atom. The third kappa shape index (κ3) is 4.37. The summed E-state index contributed by atoms with van der Waals surface area (Å²) < 4.78 is 21.9. The molecule has 0 bridgehead atoms. The Labute approximate surface area is 108 Å². The summed E-state index contributed by atoms with van der Waals surface area (Å²) in [5.74, 6) is -0.328. The lowest BCUT2D eigenvalue weighted by Gasteiger charge is -2.10. The number of anilines is 1. The second-order valence-electron chi connectivity index (χ2n) is 4.18. The highest BCUT2D eigenvalue weighted by molar-refractivity contribution is 7.90. The number of sulfone groups is 1. The molecule has 0 radical (unpaired) electrons. The smallest absolute Gasteiger partial charge is 0.253 e. The number of rotatable bonds is 5. The molecule has 0 spiro atoms. The van der Waals surface area contributed by atoms with Gasteiger partial charge < -0.3 is 10.6 Å². The Kier molecular flexibility index (Phi) is 4.72. The Morgan fingerprint density at radius 1 is 1.33 bits per heavy atom. The standard InChI is InChI=1S/C12H18N2O3S/c1-9-4-5-11(13-2)10(8-9)12(15)14-6-7-18(3,16)17/h4-5,8,13H,6-7H2,1-3H3,(H,14,15). The molecule has 1 aromatic rings. The van der Waals surface area contributed by atoms with Crippen molar-refractivity contribution >= 4 is 21.4 Å². The molecule has 18 heavy (non-hydrogen) atoms. The Hall–Kier alpha value is -1.56. The maximum Gasteiger partial charge on any atom is 0.253 e. The van der Waals surface area contributed by atoms with E-state index in [9.17, 15) is 13.2 Å². The number of carbonyl (C=O) groups is 1. The van der Waals surface area contributed by atoms with Gasteiger partial charge in [-0.15, -0.1) is 0 Å². The van der Waals surface area contributed by atoms with Gasteiger partial charge in [-0.25, -0.2) is 8.42 Å². The molecule has 5 nitrogen and oxygen atoms in total. The number of carbonyl (C=O) groups excluding carboxylic acids is 1. The lowest BCUT2D eigenvalue weighted by molar-refractivity contribution is 0.0957. The zero-order valence-corrected chi connectivity index (χ0v) is 11.6. The van der Waals surface area contributed by atoms with Gasteiger partial charge in [0.25, 0.3) is 5.91 Å². The SMILES string of the molecule is CNc1ccc(C)cc1C(=O)NCCS(C)(=O)=O. The van der Waals surface area contributed by atoms with Crippen LogP contribution >= 0.6 is 0 Å². The van der Waals surface area contributed by atoms with Gasteiger partial charge in [0.05, 0.1) is 11.3 Å². The molecular weight excluding hydrogens is 252 g/mol. The largest absolute Gasteiger partial charge is 0.387 e. The maximum atomic E-state index is 11.9. The first-order chi connectivity index (χ1) is 8.33. The Balaban J connectivity index is 2.75. The molecule has 0 aromatic heterocycles. The van der Waals surface area contributed by atoms with Crippen molar-refractivity contribution in [1.82, 2.24) is 5.32 Å². The van der Waals surface area contributed by atoms with E-state index in [-0.39, 0.29) is 18.2 Å². The van der Waals surface area contributed by atoms with Crippen molar-refractivity contribution in [3.8, 4) is 0 Å². The molecule has 0 unspecified atom stereocenters. The van der Waals surface area contributed by atoms with Gasteiger partial charge >= 0.3 is 0 Å². The van der Waals surface area contributed by atoms with Gasteiger partial charge in [0.2, 0.25) is 0 Å². The van der Waals surface area contributed by atoms with E-state index in [1.807, 2.05) is 19.1 Å². The van der Waals surface area contributed by atoms with Gasteiger partial charge in [-0.1, -0.05) is 11.6 Å². The van der Waals surface area contributed by atoms with E-state index in [0.717, 1.165) is 17.5 Å².